The Bertz CT molecular complexity index is 799. The van der Waals surface area contributed by atoms with E-state index in [0.29, 0.717) is 34.3 Å². The van der Waals surface area contributed by atoms with Gasteiger partial charge in [-0.2, -0.15) is 0 Å². The maximum absolute atomic E-state index is 12.7. The van der Waals surface area contributed by atoms with Crippen LogP contribution in [0.25, 0.3) is 0 Å². The molecular formula is C19H20O6. The van der Waals surface area contributed by atoms with Crippen molar-refractivity contribution in [3.8, 4) is 28.7 Å². The van der Waals surface area contributed by atoms with E-state index in [0.717, 1.165) is 5.56 Å². The van der Waals surface area contributed by atoms with Crippen LogP contribution in [-0.4, -0.2) is 34.2 Å². The molecule has 132 valence electrons. The Balaban J connectivity index is 2.00. The van der Waals surface area contributed by atoms with Gasteiger partial charge < -0.3 is 23.7 Å². The van der Waals surface area contributed by atoms with Crippen molar-refractivity contribution < 1.29 is 28.5 Å². The predicted octanol–water partition coefficient (Wildman–Crippen LogP) is 3.43. The number of fused-ring (bicyclic) bond motifs is 1. The summed E-state index contributed by atoms with van der Waals surface area (Å²) in [7, 11) is 6.22. The maximum atomic E-state index is 12.7. The molecule has 0 saturated carbocycles. The highest BCUT2D eigenvalue weighted by molar-refractivity contribution is 6.02. The average molecular weight is 344 g/mol. The van der Waals surface area contributed by atoms with Crippen molar-refractivity contribution in [3.05, 3.63) is 41.5 Å². The zero-order chi connectivity index (χ0) is 18.0. The first-order valence-corrected chi connectivity index (χ1v) is 7.79. The number of rotatable bonds is 5. The smallest absolute Gasteiger partial charge is 0.174 e. The summed E-state index contributed by atoms with van der Waals surface area (Å²) in [6.07, 6.45) is -0.206. The van der Waals surface area contributed by atoms with Crippen LogP contribution in [0, 0.1) is 0 Å². The Hall–Kier alpha value is -2.89. The summed E-state index contributed by atoms with van der Waals surface area (Å²) >= 11 is 0. The number of Topliss-reactive ketones (excluding diaryl/α,β-unsaturated/α-hetero) is 1. The lowest BCUT2D eigenvalue weighted by molar-refractivity contribution is 0.0843. The van der Waals surface area contributed by atoms with E-state index in [1.807, 2.05) is 12.1 Å². The molecule has 2 aromatic rings. The van der Waals surface area contributed by atoms with E-state index in [1.54, 1.807) is 39.5 Å². The molecule has 0 amide bonds. The van der Waals surface area contributed by atoms with E-state index >= 15 is 0 Å². The molecule has 3 rings (SSSR count). The third-order valence-electron chi connectivity index (χ3n) is 4.19. The molecule has 1 heterocycles. The Morgan fingerprint density at radius 2 is 1.60 bits per heavy atom. The summed E-state index contributed by atoms with van der Waals surface area (Å²) in [4.78, 5) is 12.7. The van der Waals surface area contributed by atoms with Crippen LogP contribution in [0.1, 0.15) is 28.4 Å². The Morgan fingerprint density at radius 3 is 2.24 bits per heavy atom. The van der Waals surface area contributed by atoms with E-state index in [1.165, 1.54) is 7.11 Å². The number of benzene rings is 2. The van der Waals surface area contributed by atoms with Gasteiger partial charge in [0.05, 0.1) is 34.9 Å². The number of carbonyl (C=O) groups is 1. The molecule has 0 aliphatic carbocycles. The van der Waals surface area contributed by atoms with Crippen LogP contribution in [0.2, 0.25) is 0 Å². The van der Waals surface area contributed by atoms with Gasteiger partial charge in [0.15, 0.2) is 17.3 Å². The SMILES string of the molecule is COc1cc(OC)c2c(c1)OC(c1ccc(OC)c(OC)c1)CC2=O. The molecular weight excluding hydrogens is 324 g/mol. The van der Waals surface area contributed by atoms with Gasteiger partial charge in [-0.15, -0.1) is 0 Å². The minimum Gasteiger partial charge on any atom is -0.496 e. The highest BCUT2D eigenvalue weighted by atomic mass is 16.5. The van der Waals surface area contributed by atoms with Crippen LogP contribution >= 0.6 is 0 Å². The van der Waals surface area contributed by atoms with Gasteiger partial charge in [0.25, 0.3) is 0 Å². The molecule has 25 heavy (non-hydrogen) atoms. The molecule has 1 aliphatic heterocycles. The van der Waals surface area contributed by atoms with Crippen LogP contribution in [-0.2, 0) is 0 Å². The van der Waals surface area contributed by atoms with E-state index in [9.17, 15) is 4.79 Å². The topological polar surface area (TPSA) is 63.2 Å². The zero-order valence-electron chi connectivity index (χ0n) is 14.6. The zero-order valence-corrected chi connectivity index (χ0v) is 14.6. The van der Waals surface area contributed by atoms with Gasteiger partial charge in [0.1, 0.15) is 28.9 Å². The number of methoxy groups -OCH3 is 4. The number of ether oxygens (including phenoxy) is 5. The molecule has 2 aromatic carbocycles. The largest absolute Gasteiger partial charge is 0.496 e. The van der Waals surface area contributed by atoms with Crippen LogP contribution < -0.4 is 23.7 Å². The number of hydrogen-bond acceptors (Lipinski definition) is 6. The lowest BCUT2D eigenvalue weighted by Crippen LogP contribution is -2.21. The molecule has 0 spiro atoms. The fourth-order valence-electron chi connectivity index (χ4n) is 2.92. The first-order valence-electron chi connectivity index (χ1n) is 7.79. The molecule has 0 fully saturated rings. The van der Waals surface area contributed by atoms with Crippen molar-refractivity contribution in [1.82, 2.24) is 0 Å². The second kappa shape index (κ2) is 6.93. The Labute approximate surface area is 146 Å². The van der Waals surface area contributed by atoms with Crippen molar-refractivity contribution in [2.45, 2.75) is 12.5 Å². The van der Waals surface area contributed by atoms with Crippen LogP contribution in [0.3, 0.4) is 0 Å². The summed E-state index contributed by atoms with van der Waals surface area (Å²) in [6, 6.07) is 8.85. The fraction of sp³-hybridized carbons (Fsp3) is 0.316. The van der Waals surface area contributed by atoms with Gasteiger partial charge in [-0.05, 0) is 17.7 Å². The third-order valence-corrected chi connectivity index (χ3v) is 4.19. The van der Waals surface area contributed by atoms with Gasteiger partial charge in [-0.25, -0.2) is 0 Å². The molecule has 6 nitrogen and oxygen atoms in total. The average Bonchev–Trinajstić information content (AvgIpc) is 2.65. The van der Waals surface area contributed by atoms with Gasteiger partial charge in [0, 0.05) is 12.1 Å². The third kappa shape index (κ3) is 3.07. The lowest BCUT2D eigenvalue weighted by atomic mass is 9.95. The van der Waals surface area contributed by atoms with Crippen molar-refractivity contribution in [1.29, 1.82) is 0 Å². The van der Waals surface area contributed by atoms with E-state index in [4.69, 9.17) is 23.7 Å². The summed E-state index contributed by atoms with van der Waals surface area (Å²) in [5.41, 5.74) is 1.28. The summed E-state index contributed by atoms with van der Waals surface area (Å²) in [5.74, 6) is 2.64. The number of hydrogen-bond donors (Lipinski definition) is 0. The van der Waals surface area contributed by atoms with Gasteiger partial charge in [-0.1, -0.05) is 6.07 Å². The van der Waals surface area contributed by atoms with Crippen LogP contribution in [0.5, 0.6) is 28.7 Å². The summed E-state index contributed by atoms with van der Waals surface area (Å²) in [5, 5.41) is 0. The molecule has 0 aromatic heterocycles. The summed E-state index contributed by atoms with van der Waals surface area (Å²) in [6.45, 7) is 0. The molecule has 6 heteroatoms. The summed E-state index contributed by atoms with van der Waals surface area (Å²) < 4.78 is 27.2. The molecule has 0 radical (unpaired) electrons. The molecule has 0 N–H and O–H groups in total. The predicted molar refractivity (Wildman–Crippen MR) is 91.4 cm³/mol. The van der Waals surface area contributed by atoms with Gasteiger partial charge >= 0.3 is 0 Å². The van der Waals surface area contributed by atoms with E-state index in [-0.39, 0.29) is 12.2 Å². The van der Waals surface area contributed by atoms with E-state index < -0.39 is 6.10 Å². The Morgan fingerprint density at radius 1 is 0.880 bits per heavy atom. The molecule has 1 unspecified atom stereocenters. The second-order valence-electron chi connectivity index (χ2n) is 5.55. The second-order valence-corrected chi connectivity index (χ2v) is 5.55. The number of carbonyl (C=O) groups excluding carboxylic acids is 1. The van der Waals surface area contributed by atoms with Gasteiger partial charge in [-0.3, -0.25) is 4.79 Å². The molecule has 0 saturated heterocycles. The van der Waals surface area contributed by atoms with Crippen molar-refractivity contribution >= 4 is 5.78 Å². The quantitative estimate of drug-likeness (QED) is 0.828. The monoisotopic (exact) mass is 344 g/mol. The lowest BCUT2D eigenvalue weighted by Gasteiger charge is -2.27. The standard InChI is InChI=1S/C19H20O6/c1-21-12-8-17(24-4)19-13(20)10-15(25-18(19)9-12)11-5-6-14(22-2)16(7-11)23-3/h5-9,15H,10H2,1-4H3. The van der Waals surface area contributed by atoms with Crippen LogP contribution in [0.4, 0.5) is 0 Å². The number of ketones is 1. The first kappa shape index (κ1) is 17.0. The Kier molecular flexibility index (Phi) is 4.70. The molecule has 1 aliphatic rings. The van der Waals surface area contributed by atoms with Gasteiger partial charge in [0.2, 0.25) is 0 Å². The van der Waals surface area contributed by atoms with Crippen LogP contribution in [0.15, 0.2) is 30.3 Å². The highest BCUT2D eigenvalue weighted by Gasteiger charge is 2.31. The normalized spacial score (nSPS) is 15.8. The highest BCUT2D eigenvalue weighted by Crippen LogP contribution is 2.43. The minimum absolute atomic E-state index is 0.0412. The molecule has 0 bridgehead atoms. The molecule has 1 atom stereocenters. The van der Waals surface area contributed by atoms with Crippen molar-refractivity contribution in [3.63, 3.8) is 0 Å². The van der Waals surface area contributed by atoms with E-state index in [2.05, 4.69) is 0 Å². The van der Waals surface area contributed by atoms with Crippen molar-refractivity contribution in [2.75, 3.05) is 28.4 Å². The fourth-order valence-corrected chi connectivity index (χ4v) is 2.92. The first-order chi connectivity index (χ1) is 12.1. The maximum Gasteiger partial charge on any atom is 0.174 e. The van der Waals surface area contributed by atoms with Crippen molar-refractivity contribution in [2.24, 2.45) is 0 Å². The minimum atomic E-state index is -0.420.